The van der Waals surface area contributed by atoms with E-state index in [0.29, 0.717) is 22.1 Å². The maximum Gasteiger partial charge on any atom is 0.416 e. The number of rotatable bonds is 6. The van der Waals surface area contributed by atoms with Crippen LogP contribution in [0, 0.1) is 6.92 Å². The number of thioether (sulfide) groups is 1. The van der Waals surface area contributed by atoms with E-state index >= 15 is 0 Å². The number of halogens is 3. The van der Waals surface area contributed by atoms with Crippen molar-refractivity contribution in [2.75, 3.05) is 24.0 Å². The molecule has 0 aliphatic rings. The van der Waals surface area contributed by atoms with Crippen LogP contribution in [0.25, 0.3) is 0 Å². The lowest BCUT2D eigenvalue weighted by molar-refractivity contribution is -0.137. The monoisotopic (exact) mass is 476 g/mol. The highest BCUT2D eigenvalue weighted by Gasteiger charge is 2.31. The first-order valence-electron chi connectivity index (χ1n) is 9.48. The Morgan fingerprint density at radius 3 is 2.48 bits per heavy atom. The van der Waals surface area contributed by atoms with Crippen LogP contribution in [0.3, 0.4) is 0 Å². The predicted molar refractivity (Wildman–Crippen MR) is 119 cm³/mol. The second kappa shape index (κ2) is 9.90. The fourth-order valence-corrected chi connectivity index (χ4v) is 3.16. The molecule has 0 aliphatic carbocycles. The lowest BCUT2D eigenvalue weighted by atomic mass is 10.1. The molecule has 0 fully saturated rings. The van der Waals surface area contributed by atoms with Gasteiger partial charge < -0.3 is 15.4 Å². The van der Waals surface area contributed by atoms with Crippen LogP contribution in [0.5, 0.6) is 5.88 Å². The van der Waals surface area contributed by atoms with Gasteiger partial charge in [0.05, 0.1) is 12.7 Å². The van der Waals surface area contributed by atoms with E-state index in [1.54, 1.807) is 25.3 Å². The molecular formula is C22H19F3N4O3S. The molecule has 7 nitrogen and oxygen atoms in total. The summed E-state index contributed by atoms with van der Waals surface area (Å²) in [6.45, 7) is 1.75. The highest BCUT2D eigenvalue weighted by Crippen LogP contribution is 2.30. The number of hydrogen-bond acceptors (Lipinski definition) is 6. The van der Waals surface area contributed by atoms with Gasteiger partial charge in [-0.05, 0) is 49.1 Å². The SMILES string of the molecule is COc1nc(SC)ncc1C(=O)Nc1cc(NC(=O)c2cccc(C(F)(F)F)c2)ccc1C. The Kier molecular flexibility index (Phi) is 7.22. The molecule has 0 unspecified atom stereocenters. The van der Waals surface area contributed by atoms with E-state index in [0.717, 1.165) is 18.2 Å². The Balaban J connectivity index is 1.80. The number of nitrogens with zero attached hydrogens (tertiary/aromatic N) is 2. The highest BCUT2D eigenvalue weighted by molar-refractivity contribution is 7.98. The molecule has 11 heteroatoms. The van der Waals surface area contributed by atoms with Crippen LogP contribution in [0.1, 0.15) is 31.8 Å². The quantitative estimate of drug-likeness (QED) is 0.383. The minimum absolute atomic E-state index is 0.110. The summed E-state index contributed by atoms with van der Waals surface area (Å²) in [5.41, 5.74) is 0.425. The van der Waals surface area contributed by atoms with E-state index in [-0.39, 0.29) is 17.0 Å². The van der Waals surface area contributed by atoms with E-state index < -0.39 is 23.6 Å². The Morgan fingerprint density at radius 2 is 1.82 bits per heavy atom. The van der Waals surface area contributed by atoms with Gasteiger partial charge in [0.2, 0.25) is 5.88 Å². The van der Waals surface area contributed by atoms with E-state index in [1.165, 1.54) is 37.2 Å². The molecule has 0 atom stereocenters. The molecule has 3 rings (SSSR count). The largest absolute Gasteiger partial charge is 0.480 e. The molecule has 1 aromatic heterocycles. The molecule has 1 heterocycles. The molecule has 0 saturated heterocycles. The number of aromatic nitrogens is 2. The summed E-state index contributed by atoms with van der Waals surface area (Å²) in [5.74, 6) is -1.13. The van der Waals surface area contributed by atoms with E-state index in [1.807, 2.05) is 0 Å². The van der Waals surface area contributed by atoms with Gasteiger partial charge in [0.1, 0.15) is 5.56 Å². The zero-order chi connectivity index (χ0) is 24.2. The molecule has 172 valence electrons. The van der Waals surface area contributed by atoms with Crippen LogP contribution in [0.15, 0.2) is 53.8 Å². The maximum atomic E-state index is 12.9. The van der Waals surface area contributed by atoms with Crippen molar-refractivity contribution in [3.05, 3.63) is 70.9 Å². The molecule has 0 radical (unpaired) electrons. The normalized spacial score (nSPS) is 11.1. The van der Waals surface area contributed by atoms with Gasteiger partial charge in [0.15, 0.2) is 5.16 Å². The predicted octanol–water partition coefficient (Wildman–Crippen LogP) is 5.04. The van der Waals surface area contributed by atoms with Crippen LogP contribution in [0.2, 0.25) is 0 Å². The average Bonchev–Trinajstić information content (AvgIpc) is 2.80. The number of alkyl halides is 3. The van der Waals surface area contributed by atoms with Gasteiger partial charge in [0, 0.05) is 23.1 Å². The standard InChI is InChI=1S/C22H19F3N4O3S/c1-12-7-8-15(27-18(30)13-5-4-6-14(9-13)22(23,24)25)10-17(12)28-19(31)16-11-26-21(33-3)29-20(16)32-2/h4-11H,1-3H3,(H,27,30)(H,28,31). The fraction of sp³-hybridized carbons (Fsp3) is 0.182. The zero-order valence-electron chi connectivity index (χ0n) is 17.8. The van der Waals surface area contributed by atoms with Crippen LogP contribution in [-0.4, -0.2) is 35.1 Å². The van der Waals surface area contributed by atoms with Crippen LogP contribution in [-0.2, 0) is 6.18 Å². The van der Waals surface area contributed by atoms with E-state index in [9.17, 15) is 22.8 Å². The molecule has 0 spiro atoms. The molecule has 3 aromatic rings. The van der Waals surface area contributed by atoms with Crippen molar-refractivity contribution < 1.29 is 27.5 Å². The summed E-state index contributed by atoms with van der Waals surface area (Å²) in [6, 6.07) is 8.84. The number of anilines is 2. The Bertz CT molecular complexity index is 1200. The first kappa shape index (κ1) is 24.1. The van der Waals surface area contributed by atoms with Gasteiger partial charge in [-0.3, -0.25) is 9.59 Å². The first-order chi connectivity index (χ1) is 15.6. The summed E-state index contributed by atoms with van der Waals surface area (Å²) in [6.07, 6.45) is -1.42. The van der Waals surface area contributed by atoms with Gasteiger partial charge >= 0.3 is 6.18 Å². The van der Waals surface area contributed by atoms with Gasteiger partial charge in [-0.15, -0.1) is 0 Å². The third-order valence-corrected chi connectivity index (χ3v) is 5.11. The highest BCUT2D eigenvalue weighted by atomic mass is 32.2. The summed E-state index contributed by atoms with van der Waals surface area (Å²) in [7, 11) is 1.39. The number of ether oxygens (including phenoxy) is 1. The minimum Gasteiger partial charge on any atom is -0.480 e. The maximum absolute atomic E-state index is 12.9. The summed E-state index contributed by atoms with van der Waals surface area (Å²) >= 11 is 1.30. The average molecular weight is 476 g/mol. The topological polar surface area (TPSA) is 93.2 Å². The molecule has 33 heavy (non-hydrogen) atoms. The van der Waals surface area contributed by atoms with Crippen molar-refractivity contribution in [2.24, 2.45) is 0 Å². The van der Waals surface area contributed by atoms with E-state index in [2.05, 4.69) is 20.6 Å². The van der Waals surface area contributed by atoms with Crippen LogP contribution >= 0.6 is 11.8 Å². The van der Waals surface area contributed by atoms with Crippen molar-refractivity contribution in [2.45, 2.75) is 18.3 Å². The third-order valence-electron chi connectivity index (χ3n) is 4.55. The number of benzene rings is 2. The van der Waals surface area contributed by atoms with Gasteiger partial charge in [-0.2, -0.15) is 18.2 Å². The van der Waals surface area contributed by atoms with Gasteiger partial charge in [-0.1, -0.05) is 23.9 Å². The van der Waals surface area contributed by atoms with Gasteiger partial charge in [-0.25, -0.2) is 4.98 Å². The summed E-state index contributed by atoms with van der Waals surface area (Å²) < 4.78 is 43.9. The lowest BCUT2D eigenvalue weighted by Gasteiger charge is -2.13. The number of aryl methyl sites for hydroxylation is 1. The van der Waals surface area contributed by atoms with Crippen molar-refractivity contribution in [1.82, 2.24) is 9.97 Å². The second-order valence-electron chi connectivity index (χ2n) is 6.80. The summed E-state index contributed by atoms with van der Waals surface area (Å²) in [4.78, 5) is 33.5. The molecular weight excluding hydrogens is 457 g/mol. The molecule has 2 N–H and O–H groups in total. The van der Waals surface area contributed by atoms with Crippen LogP contribution in [0.4, 0.5) is 24.5 Å². The van der Waals surface area contributed by atoms with Crippen molar-refractivity contribution in [1.29, 1.82) is 0 Å². The number of methoxy groups -OCH3 is 1. The third kappa shape index (κ3) is 5.80. The number of carbonyl (C=O) groups is 2. The Labute approximate surface area is 191 Å². The van der Waals surface area contributed by atoms with Crippen LogP contribution < -0.4 is 15.4 Å². The molecule has 2 aromatic carbocycles. The lowest BCUT2D eigenvalue weighted by Crippen LogP contribution is -2.17. The molecule has 0 aliphatic heterocycles. The zero-order valence-corrected chi connectivity index (χ0v) is 18.6. The smallest absolute Gasteiger partial charge is 0.416 e. The second-order valence-corrected chi connectivity index (χ2v) is 7.57. The number of nitrogens with one attached hydrogen (secondary N) is 2. The fourth-order valence-electron chi connectivity index (χ4n) is 2.82. The van der Waals surface area contributed by atoms with Crippen molar-refractivity contribution in [3.63, 3.8) is 0 Å². The molecule has 0 bridgehead atoms. The number of hydrogen-bond donors (Lipinski definition) is 2. The number of amides is 2. The molecule has 0 saturated carbocycles. The number of carbonyl (C=O) groups excluding carboxylic acids is 2. The first-order valence-corrected chi connectivity index (χ1v) is 10.7. The van der Waals surface area contributed by atoms with Gasteiger partial charge in [0.25, 0.3) is 11.8 Å². The Hall–Kier alpha value is -3.60. The van der Waals surface area contributed by atoms with Crippen molar-refractivity contribution >= 4 is 35.0 Å². The van der Waals surface area contributed by atoms with Crippen molar-refractivity contribution in [3.8, 4) is 5.88 Å². The Morgan fingerprint density at radius 1 is 1.06 bits per heavy atom. The molecule has 2 amide bonds. The summed E-state index contributed by atoms with van der Waals surface area (Å²) in [5, 5.41) is 5.70. The minimum atomic E-state index is -4.56. The van der Waals surface area contributed by atoms with E-state index in [4.69, 9.17) is 4.74 Å².